The highest BCUT2D eigenvalue weighted by Crippen LogP contribution is 2.24. The topological polar surface area (TPSA) is 39.9 Å². The molecule has 0 amide bonds. The van der Waals surface area contributed by atoms with Gasteiger partial charge in [-0.15, -0.1) is 0 Å². The van der Waals surface area contributed by atoms with E-state index in [4.69, 9.17) is 4.74 Å². The minimum Gasteiger partial charge on any atom is -0.373 e. The molecule has 0 aliphatic carbocycles. The Morgan fingerprint density at radius 1 is 1.25 bits per heavy atom. The molecule has 1 unspecified atom stereocenters. The highest BCUT2D eigenvalue weighted by molar-refractivity contribution is 5.13. The van der Waals surface area contributed by atoms with Gasteiger partial charge in [0.25, 0.3) is 0 Å². The number of halogens is 1. The predicted octanol–water partition coefficient (Wildman–Crippen LogP) is 2.86. The summed E-state index contributed by atoms with van der Waals surface area (Å²) in [5.74, 6) is -0.231. The molecule has 0 radical (unpaired) electrons. The fraction of sp³-hybridized carbons (Fsp3) is 0.467. The van der Waals surface area contributed by atoms with E-state index in [-0.39, 0.29) is 12.5 Å². The van der Waals surface area contributed by atoms with Crippen LogP contribution in [0.2, 0.25) is 0 Å². The SMILES string of the molecule is C[C@H](Cn1nccn1)C(C)(F)COCc1ccccc1. The van der Waals surface area contributed by atoms with E-state index >= 15 is 0 Å². The second kappa shape index (κ2) is 6.61. The van der Waals surface area contributed by atoms with Crippen molar-refractivity contribution >= 4 is 0 Å². The van der Waals surface area contributed by atoms with E-state index < -0.39 is 5.67 Å². The molecule has 5 heteroatoms. The lowest BCUT2D eigenvalue weighted by molar-refractivity contribution is -0.0195. The number of nitrogens with zero attached hydrogens (tertiary/aromatic N) is 3. The van der Waals surface area contributed by atoms with Crippen LogP contribution in [-0.4, -0.2) is 27.3 Å². The fourth-order valence-corrected chi connectivity index (χ4v) is 1.86. The van der Waals surface area contributed by atoms with Gasteiger partial charge in [-0.1, -0.05) is 37.3 Å². The Kier molecular flexibility index (Phi) is 4.84. The smallest absolute Gasteiger partial charge is 0.135 e. The van der Waals surface area contributed by atoms with Crippen LogP contribution in [0, 0.1) is 5.92 Å². The molecule has 0 N–H and O–H groups in total. The van der Waals surface area contributed by atoms with Gasteiger partial charge in [0.1, 0.15) is 5.67 Å². The summed E-state index contributed by atoms with van der Waals surface area (Å²) in [6, 6.07) is 9.76. The van der Waals surface area contributed by atoms with Crippen molar-refractivity contribution in [1.82, 2.24) is 15.0 Å². The number of alkyl halides is 1. The molecular weight excluding hydrogens is 257 g/mol. The van der Waals surface area contributed by atoms with Crippen LogP contribution in [0.3, 0.4) is 0 Å². The van der Waals surface area contributed by atoms with E-state index in [0.717, 1.165) is 5.56 Å². The Hall–Kier alpha value is -1.75. The van der Waals surface area contributed by atoms with Crippen LogP contribution in [0.15, 0.2) is 42.7 Å². The average Bonchev–Trinajstić information content (AvgIpc) is 2.92. The number of aromatic nitrogens is 3. The Bertz CT molecular complexity index is 499. The molecule has 4 nitrogen and oxygen atoms in total. The van der Waals surface area contributed by atoms with Crippen molar-refractivity contribution in [2.24, 2.45) is 5.92 Å². The maximum absolute atomic E-state index is 14.6. The lowest BCUT2D eigenvalue weighted by atomic mass is 9.93. The van der Waals surface area contributed by atoms with E-state index in [1.807, 2.05) is 37.3 Å². The Morgan fingerprint density at radius 2 is 1.90 bits per heavy atom. The number of hydrogen-bond donors (Lipinski definition) is 0. The fourth-order valence-electron chi connectivity index (χ4n) is 1.86. The van der Waals surface area contributed by atoms with Crippen molar-refractivity contribution in [3.8, 4) is 0 Å². The van der Waals surface area contributed by atoms with Crippen LogP contribution in [0.25, 0.3) is 0 Å². The van der Waals surface area contributed by atoms with Crippen LogP contribution in [-0.2, 0) is 17.9 Å². The van der Waals surface area contributed by atoms with Crippen molar-refractivity contribution in [3.63, 3.8) is 0 Å². The van der Waals surface area contributed by atoms with Gasteiger partial charge in [0, 0.05) is 5.92 Å². The van der Waals surface area contributed by atoms with E-state index in [1.54, 1.807) is 19.3 Å². The van der Waals surface area contributed by atoms with Crippen molar-refractivity contribution in [2.45, 2.75) is 32.7 Å². The summed E-state index contributed by atoms with van der Waals surface area (Å²) >= 11 is 0. The van der Waals surface area contributed by atoms with E-state index in [2.05, 4.69) is 10.2 Å². The Balaban J connectivity index is 1.80. The number of hydrogen-bond acceptors (Lipinski definition) is 3. The second-order valence-corrected chi connectivity index (χ2v) is 5.24. The molecule has 0 aliphatic rings. The van der Waals surface area contributed by atoms with E-state index in [9.17, 15) is 4.39 Å². The van der Waals surface area contributed by atoms with Crippen LogP contribution < -0.4 is 0 Å². The molecule has 20 heavy (non-hydrogen) atoms. The monoisotopic (exact) mass is 277 g/mol. The normalized spacial score (nSPS) is 15.8. The van der Waals surface area contributed by atoms with Gasteiger partial charge < -0.3 is 4.74 Å². The van der Waals surface area contributed by atoms with Gasteiger partial charge in [-0.2, -0.15) is 15.0 Å². The molecule has 0 fully saturated rings. The summed E-state index contributed by atoms with van der Waals surface area (Å²) in [6.07, 6.45) is 3.18. The maximum Gasteiger partial charge on any atom is 0.135 e. The molecule has 0 saturated heterocycles. The standard InChI is InChI=1S/C15H20FN3O/c1-13(10-19-17-8-9-18-19)15(2,16)12-20-11-14-6-4-3-5-7-14/h3-9,13H,10-12H2,1-2H3/t13-,15?/m1/s1. The lowest BCUT2D eigenvalue weighted by Crippen LogP contribution is -2.36. The van der Waals surface area contributed by atoms with E-state index in [1.165, 1.54) is 4.80 Å². The van der Waals surface area contributed by atoms with Gasteiger partial charge in [0.2, 0.25) is 0 Å². The lowest BCUT2D eigenvalue weighted by Gasteiger charge is -2.27. The zero-order valence-electron chi connectivity index (χ0n) is 11.9. The molecular formula is C15H20FN3O. The van der Waals surface area contributed by atoms with Crippen LogP contribution in [0.4, 0.5) is 4.39 Å². The first-order chi connectivity index (χ1) is 9.58. The molecule has 1 heterocycles. The largest absolute Gasteiger partial charge is 0.373 e. The number of ether oxygens (including phenoxy) is 1. The van der Waals surface area contributed by atoms with Crippen molar-refractivity contribution in [3.05, 3.63) is 48.3 Å². The Morgan fingerprint density at radius 3 is 2.55 bits per heavy atom. The summed E-state index contributed by atoms with van der Waals surface area (Å²) < 4.78 is 20.1. The van der Waals surface area contributed by atoms with Gasteiger partial charge in [-0.3, -0.25) is 0 Å². The van der Waals surface area contributed by atoms with E-state index in [0.29, 0.717) is 13.2 Å². The third-order valence-electron chi connectivity index (χ3n) is 3.43. The first kappa shape index (κ1) is 14.7. The zero-order chi connectivity index (χ0) is 14.4. The van der Waals surface area contributed by atoms with Gasteiger partial charge >= 0.3 is 0 Å². The highest BCUT2D eigenvalue weighted by atomic mass is 19.1. The summed E-state index contributed by atoms with van der Waals surface area (Å²) in [4.78, 5) is 1.50. The molecule has 108 valence electrons. The van der Waals surface area contributed by atoms with Crippen LogP contribution in [0.5, 0.6) is 0 Å². The molecule has 2 aromatic rings. The van der Waals surface area contributed by atoms with Crippen LogP contribution >= 0.6 is 0 Å². The zero-order valence-corrected chi connectivity index (χ0v) is 11.9. The van der Waals surface area contributed by atoms with Crippen molar-refractivity contribution in [2.75, 3.05) is 6.61 Å². The molecule has 2 atom stereocenters. The molecule has 1 aromatic heterocycles. The molecule has 1 aromatic carbocycles. The summed E-state index contributed by atoms with van der Waals surface area (Å²) in [5, 5.41) is 7.99. The second-order valence-electron chi connectivity index (χ2n) is 5.24. The summed E-state index contributed by atoms with van der Waals surface area (Å²) in [6.45, 7) is 4.33. The molecule has 0 bridgehead atoms. The van der Waals surface area contributed by atoms with Crippen molar-refractivity contribution < 1.29 is 9.13 Å². The Labute approximate surface area is 118 Å². The molecule has 0 saturated carbocycles. The summed E-state index contributed by atoms with van der Waals surface area (Å²) in [5.41, 5.74) is -0.368. The summed E-state index contributed by atoms with van der Waals surface area (Å²) in [7, 11) is 0. The molecule has 2 rings (SSSR count). The van der Waals surface area contributed by atoms with Gasteiger partial charge in [0.05, 0.1) is 32.2 Å². The molecule has 0 spiro atoms. The minimum atomic E-state index is -1.41. The minimum absolute atomic E-state index is 0.0599. The average molecular weight is 277 g/mol. The third-order valence-corrected chi connectivity index (χ3v) is 3.43. The first-order valence-electron chi connectivity index (χ1n) is 6.72. The molecule has 0 aliphatic heterocycles. The predicted molar refractivity (Wildman–Crippen MR) is 74.8 cm³/mol. The number of benzene rings is 1. The first-order valence-corrected chi connectivity index (χ1v) is 6.72. The quantitative estimate of drug-likeness (QED) is 0.781. The highest BCUT2D eigenvalue weighted by Gasteiger charge is 2.32. The number of rotatable bonds is 7. The van der Waals surface area contributed by atoms with Gasteiger partial charge in [-0.25, -0.2) is 4.39 Å². The van der Waals surface area contributed by atoms with Crippen molar-refractivity contribution in [1.29, 1.82) is 0 Å². The van der Waals surface area contributed by atoms with Gasteiger partial charge in [0.15, 0.2) is 0 Å². The third kappa shape index (κ3) is 4.13. The van der Waals surface area contributed by atoms with Crippen LogP contribution in [0.1, 0.15) is 19.4 Å². The van der Waals surface area contributed by atoms with Gasteiger partial charge in [-0.05, 0) is 12.5 Å². The maximum atomic E-state index is 14.6.